The van der Waals surface area contributed by atoms with Gasteiger partial charge in [-0.2, -0.15) is 5.10 Å². The number of aromatic nitrogens is 2. The van der Waals surface area contributed by atoms with Crippen molar-refractivity contribution >= 4 is 0 Å². The second-order valence-corrected chi connectivity index (χ2v) is 5.67. The van der Waals surface area contributed by atoms with E-state index >= 15 is 0 Å². The summed E-state index contributed by atoms with van der Waals surface area (Å²) < 4.78 is 2.07. The zero-order valence-electron chi connectivity index (χ0n) is 11.4. The molecule has 0 aliphatic carbocycles. The maximum atomic E-state index is 6.01. The van der Waals surface area contributed by atoms with Crippen LogP contribution in [0.15, 0.2) is 6.07 Å². The van der Waals surface area contributed by atoms with Crippen molar-refractivity contribution in [2.75, 3.05) is 0 Å². The molecule has 92 valence electrons. The monoisotopic (exact) mass is 223 g/mol. The van der Waals surface area contributed by atoms with Crippen LogP contribution < -0.4 is 5.73 Å². The topological polar surface area (TPSA) is 43.8 Å². The van der Waals surface area contributed by atoms with E-state index in [9.17, 15) is 0 Å². The summed E-state index contributed by atoms with van der Waals surface area (Å²) in [5.74, 6) is 0.501. The van der Waals surface area contributed by atoms with Gasteiger partial charge in [0.2, 0.25) is 0 Å². The molecule has 0 spiro atoms. The maximum absolute atomic E-state index is 6.01. The lowest BCUT2D eigenvalue weighted by Crippen LogP contribution is -2.27. The highest BCUT2D eigenvalue weighted by atomic mass is 15.3. The second-order valence-electron chi connectivity index (χ2n) is 5.67. The van der Waals surface area contributed by atoms with Gasteiger partial charge in [0.05, 0.1) is 16.9 Å². The molecule has 0 aliphatic rings. The Morgan fingerprint density at radius 2 is 1.94 bits per heavy atom. The van der Waals surface area contributed by atoms with Gasteiger partial charge in [-0.1, -0.05) is 13.8 Å². The molecule has 3 heteroatoms. The molecule has 0 amide bonds. The molecule has 0 aliphatic heterocycles. The van der Waals surface area contributed by atoms with Crippen molar-refractivity contribution in [2.24, 2.45) is 5.73 Å². The Bertz CT molecular complexity index is 345. The Balaban J connectivity index is 3.21. The molecule has 1 aromatic rings. The Morgan fingerprint density at radius 3 is 2.25 bits per heavy atom. The Hall–Kier alpha value is -0.830. The zero-order chi connectivity index (χ0) is 12.5. The van der Waals surface area contributed by atoms with E-state index in [1.54, 1.807) is 0 Å². The first kappa shape index (κ1) is 13.2. The normalized spacial score (nSPS) is 16.2. The lowest BCUT2D eigenvalue weighted by molar-refractivity contribution is 0.334. The fourth-order valence-corrected chi connectivity index (χ4v) is 1.73. The Morgan fingerprint density at radius 1 is 1.38 bits per heavy atom. The summed E-state index contributed by atoms with van der Waals surface area (Å²) in [6.45, 7) is 12.9. The summed E-state index contributed by atoms with van der Waals surface area (Å²) in [6.07, 6.45) is 1.11. The van der Waals surface area contributed by atoms with Crippen LogP contribution >= 0.6 is 0 Å². The van der Waals surface area contributed by atoms with Crippen molar-refractivity contribution in [2.45, 2.75) is 65.5 Å². The van der Waals surface area contributed by atoms with Gasteiger partial charge in [0.15, 0.2) is 0 Å². The van der Waals surface area contributed by atoms with E-state index in [4.69, 9.17) is 10.8 Å². The molecule has 0 aromatic carbocycles. The molecule has 0 saturated carbocycles. The van der Waals surface area contributed by atoms with Crippen LogP contribution in [0, 0.1) is 0 Å². The molecule has 0 radical (unpaired) electrons. The van der Waals surface area contributed by atoms with Gasteiger partial charge in [-0.3, -0.25) is 4.68 Å². The van der Waals surface area contributed by atoms with Gasteiger partial charge < -0.3 is 5.73 Å². The molecule has 1 aromatic heterocycles. The van der Waals surface area contributed by atoms with E-state index in [-0.39, 0.29) is 11.6 Å². The van der Waals surface area contributed by atoms with E-state index in [2.05, 4.69) is 45.4 Å². The molecule has 0 fully saturated rings. The molecular weight excluding hydrogens is 198 g/mol. The lowest BCUT2D eigenvalue weighted by atomic mass is 10.0. The SMILES string of the molecule is CCC(C)c1cc([C@H](C)N)n(C(C)(C)C)n1. The van der Waals surface area contributed by atoms with Gasteiger partial charge in [0.1, 0.15) is 0 Å². The van der Waals surface area contributed by atoms with E-state index in [0.717, 1.165) is 17.8 Å². The third-order valence-electron chi connectivity index (χ3n) is 2.98. The fourth-order valence-electron chi connectivity index (χ4n) is 1.73. The minimum atomic E-state index is -0.00528. The molecule has 2 atom stereocenters. The predicted octanol–water partition coefficient (Wildman–Crippen LogP) is 3.17. The van der Waals surface area contributed by atoms with Crippen LogP contribution in [0.2, 0.25) is 0 Å². The third kappa shape index (κ3) is 2.64. The average Bonchev–Trinajstić information content (AvgIpc) is 2.60. The highest BCUT2D eigenvalue weighted by molar-refractivity contribution is 5.18. The van der Waals surface area contributed by atoms with Gasteiger partial charge in [-0.05, 0) is 46.1 Å². The molecule has 0 bridgehead atoms. The Kier molecular flexibility index (Phi) is 3.79. The molecule has 1 unspecified atom stereocenters. The highest BCUT2D eigenvalue weighted by Crippen LogP contribution is 2.25. The summed E-state index contributed by atoms with van der Waals surface area (Å²) in [7, 11) is 0. The van der Waals surface area contributed by atoms with Crippen LogP contribution in [-0.2, 0) is 5.54 Å². The molecule has 1 heterocycles. The van der Waals surface area contributed by atoms with Gasteiger partial charge in [0.25, 0.3) is 0 Å². The smallest absolute Gasteiger partial charge is 0.0656 e. The molecule has 2 N–H and O–H groups in total. The zero-order valence-corrected chi connectivity index (χ0v) is 11.4. The first-order valence-electron chi connectivity index (χ1n) is 6.13. The van der Waals surface area contributed by atoms with Crippen molar-refractivity contribution in [3.05, 3.63) is 17.5 Å². The predicted molar refractivity (Wildman–Crippen MR) is 68.5 cm³/mol. The molecular formula is C13H25N3. The number of nitrogens with zero attached hydrogens (tertiary/aromatic N) is 2. The van der Waals surface area contributed by atoms with Crippen LogP contribution in [0.3, 0.4) is 0 Å². The van der Waals surface area contributed by atoms with Crippen LogP contribution in [0.5, 0.6) is 0 Å². The van der Waals surface area contributed by atoms with Crippen LogP contribution in [0.25, 0.3) is 0 Å². The quantitative estimate of drug-likeness (QED) is 0.855. The standard InChI is InChI=1S/C13H25N3/c1-7-9(2)11-8-12(10(3)14)16(15-11)13(4,5)6/h8-10H,7,14H2,1-6H3/t9?,10-/m0/s1. The third-order valence-corrected chi connectivity index (χ3v) is 2.98. The van der Waals surface area contributed by atoms with Gasteiger partial charge in [0, 0.05) is 6.04 Å². The van der Waals surface area contributed by atoms with Crippen molar-refractivity contribution < 1.29 is 0 Å². The van der Waals surface area contributed by atoms with Crippen LogP contribution in [-0.4, -0.2) is 9.78 Å². The summed E-state index contributed by atoms with van der Waals surface area (Å²) in [6, 6.07) is 2.19. The largest absolute Gasteiger partial charge is 0.323 e. The summed E-state index contributed by atoms with van der Waals surface area (Å²) in [5, 5.41) is 4.71. The summed E-state index contributed by atoms with van der Waals surface area (Å²) in [4.78, 5) is 0. The number of rotatable bonds is 3. The maximum Gasteiger partial charge on any atom is 0.0656 e. The molecule has 16 heavy (non-hydrogen) atoms. The van der Waals surface area contributed by atoms with Crippen LogP contribution in [0.4, 0.5) is 0 Å². The molecule has 3 nitrogen and oxygen atoms in total. The van der Waals surface area contributed by atoms with Crippen molar-refractivity contribution in [3.63, 3.8) is 0 Å². The van der Waals surface area contributed by atoms with Gasteiger partial charge in [-0.25, -0.2) is 0 Å². The summed E-state index contributed by atoms with van der Waals surface area (Å²) >= 11 is 0. The summed E-state index contributed by atoms with van der Waals surface area (Å²) in [5.41, 5.74) is 8.28. The van der Waals surface area contributed by atoms with E-state index in [0.29, 0.717) is 5.92 Å². The minimum absolute atomic E-state index is 0.00528. The van der Waals surface area contributed by atoms with E-state index < -0.39 is 0 Å². The fraction of sp³-hybridized carbons (Fsp3) is 0.769. The minimum Gasteiger partial charge on any atom is -0.323 e. The number of hydrogen-bond acceptors (Lipinski definition) is 2. The highest BCUT2D eigenvalue weighted by Gasteiger charge is 2.22. The first-order chi connectivity index (χ1) is 7.27. The van der Waals surface area contributed by atoms with Crippen molar-refractivity contribution in [1.82, 2.24) is 9.78 Å². The number of hydrogen-bond donors (Lipinski definition) is 1. The lowest BCUT2D eigenvalue weighted by Gasteiger charge is -2.23. The van der Waals surface area contributed by atoms with Gasteiger partial charge in [-0.15, -0.1) is 0 Å². The average molecular weight is 223 g/mol. The van der Waals surface area contributed by atoms with Crippen LogP contribution in [0.1, 0.15) is 71.3 Å². The second kappa shape index (κ2) is 4.58. The van der Waals surface area contributed by atoms with E-state index in [1.165, 1.54) is 0 Å². The Labute approximate surface area is 99.0 Å². The molecule has 1 rings (SSSR count). The van der Waals surface area contributed by atoms with E-state index in [1.807, 2.05) is 6.92 Å². The first-order valence-corrected chi connectivity index (χ1v) is 6.13. The molecule has 0 saturated heterocycles. The van der Waals surface area contributed by atoms with Gasteiger partial charge >= 0.3 is 0 Å². The van der Waals surface area contributed by atoms with Crippen molar-refractivity contribution in [3.8, 4) is 0 Å². The van der Waals surface area contributed by atoms with Crippen molar-refractivity contribution in [1.29, 1.82) is 0 Å². The number of nitrogens with two attached hydrogens (primary N) is 1.